The summed E-state index contributed by atoms with van der Waals surface area (Å²) in [4.78, 5) is 0. The molecule has 1 aromatic rings. The lowest BCUT2D eigenvalue weighted by Crippen LogP contribution is -2.33. The van der Waals surface area contributed by atoms with Gasteiger partial charge in [-0.15, -0.1) is 11.6 Å². The number of benzene rings is 1. The Labute approximate surface area is 115 Å². The molecule has 0 unspecified atom stereocenters. The highest BCUT2D eigenvalue weighted by Gasteiger charge is 2.28. The Morgan fingerprint density at radius 3 is 2.50 bits per heavy atom. The number of halogens is 1. The molecule has 0 bridgehead atoms. The van der Waals surface area contributed by atoms with E-state index in [2.05, 4.69) is 4.72 Å². The number of hydrogen-bond donors (Lipinski definition) is 1. The van der Waals surface area contributed by atoms with Gasteiger partial charge in [-0.3, -0.25) is 4.72 Å². The van der Waals surface area contributed by atoms with Gasteiger partial charge in [0, 0.05) is 11.6 Å². The molecule has 1 aromatic carbocycles. The molecular weight excluding hydrogens is 270 g/mol. The van der Waals surface area contributed by atoms with Crippen molar-refractivity contribution in [2.45, 2.75) is 38.4 Å². The number of hydrogen-bond acceptors (Lipinski definition) is 2. The van der Waals surface area contributed by atoms with Gasteiger partial charge in [0.2, 0.25) is 10.0 Å². The van der Waals surface area contributed by atoms with Gasteiger partial charge in [0.05, 0.1) is 4.75 Å². The SMILES string of the molecule is CC(C)(C)S(=O)(=O)Nc1cccc(CCCCl)c1. The molecule has 0 heterocycles. The highest BCUT2D eigenvalue weighted by molar-refractivity contribution is 7.94. The zero-order valence-corrected chi connectivity index (χ0v) is 12.6. The molecule has 0 aromatic heterocycles. The molecule has 0 saturated heterocycles. The van der Waals surface area contributed by atoms with Crippen LogP contribution < -0.4 is 4.72 Å². The summed E-state index contributed by atoms with van der Waals surface area (Å²) in [6, 6.07) is 7.44. The Bertz CT molecular complexity index is 492. The Balaban J connectivity index is 2.86. The molecule has 5 heteroatoms. The van der Waals surface area contributed by atoms with Gasteiger partial charge in [-0.05, 0) is 51.3 Å². The number of nitrogens with one attached hydrogen (secondary N) is 1. The summed E-state index contributed by atoms with van der Waals surface area (Å²) < 4.78 is 25.8. The maximum atomic E-state index is 12.0. The van der Waals surface area contributed by atoms with E-state index in [0.29, 0.717) is 11.6 Å². The lowest BCUT2D eigenvalue weighted by atomic mass is 10.1. The number of sulfonamides is 1. The van der Waals surface area contributed by atoms with Gasteiger partial charge in [0.25, 0.3) is 0 Å². The first-order valence-electron chi connectivity index (χ1n) is 5.93. The third kappa shape index (κ3) is 4.18. The minimum atomic E-state index is -3.36. The van der Waals surface area contributed by atoms with Crippen LogP contribution >= 0.6 is 11.6 Å². The van der Waals surface area contributed by atoms with Gasteiger partial charge in [0.15, 0.2) is 0 Å². The molecule has 0 radical (unpaired) electrons. The second-order valence-electron chi connectivity index (χ2n) is 5.21. The predicted molar refractivity (Wildman–Crippen MR) is 77.8 cm³/mol. The van der Waals surface area contributed by atoms with Crippen LogP contribution in [-0.2, 0) is 16.4 Å². The predicted octanol–water partition coefficient (Wildman–Crippen LogP) is 3.40. The van der Waals surface area contributed by atoms with Crippen molar-refractivity contribution in [1.82, 2.24) is 0 Å². The van der Waals surface area contributed by atoms with Crippen molar-refractivity contribution in [1.29, 1.82) is 0 Å². The van der Waals surface area contributed by atoms with Gasteiger partial charge in [0.1, 0.15) is 0 Å². The average Bonchev–Trinajstić information content (AvgIpc) is 2.24. The maximum Gasteiger partial charge on any atom is 0.237 e. The Hall–Kier alpha value is -0.740. The highest BCUT2D eigenvalue weighted by atomic mass is 35.5. The van der Waals surface area contributed by atoms with Gasteiger partial charge in [-0.2, -0.15) is 0 Å². The summed E-state index contributed by atoms with van der Waals surface area (Å²) >= 11 is 5.65. The van der Waals surface area contributed by atoms with Crippen LogP contribution in [0.3, 0.4) is 0 Å². The van der Waals surface area contributed by atoms with Crippen LogP contribution in [0.1, 0.15) is 32.8 Å². The minimum absolute atomic E-state index is 0.608. The van der Waals surface area contributed by atoms with Crippen LogP contribution in [0.15, 0.2) is 24.3 Å². The summed E-state index contributed by atoms with van der Waals surface area (Å²) in [5.74, 6) is 0.609. The number of alkyl halides is 1. The molecule has 0 aliphatic rings. The Morgan fingerprint density at radius 1 is 1.28 bits per heavy atom. The smallest absolute Gasteiger partial charge is 0.237 e. The fraction of sp³-hybridized carbons (Fsp3) is 0.538. The second-order valence-corrected chi connectivity index (χ2v) is 8.02. The molecule has 1 N–H and O–H groups in total. The Morgan fingerprint density at radius 2 is 1.94 bits per heavy atom. The molecule has 0 spiro atoms. The second kappa shape index (κ2) is 5.93. The molecule has 0 saturated carbocycles. The van der Waals surface area contributed by atoms with Crippen molar-refractivity contribution in [2.75, 3.05) is 10.6 Å². The first kappa shape index (κ1) is 15.3. The van der Waals surface area contributed by atoms with Crippen molar-refractivity contribution in [3.05, 3.63) is 29.8 Å². The van der Waals surface area contributed by atoms with Crippen molar-refractivity contribution in [3.63, 3.8) is 0 Å². The van der Waals surface area contributed by atoms with Crippen LogP contribution in [0.4, 0.5) is 5.69 Å². The van der Waals surface area contributed by atoms with E-state index >= 15 is 0 Å². The topological polar surface area (TPSA) is 46.2 Å². The number of anilines is 1. The molecule has 102 valence electrons. The molecule has 0 fully saturated rings. The summed E-state index contributed by atoms with van der Waals surface area (Å²) in [6.45, 7) is 5.02. The Kier molecular flexibility index (Phi) is 5.05. The third-order valence-electron chi connectivity index (χ3n) is 2.58. The van der Waals surface area contributed by atoms with E-state index in [4.69, 9.17) is 11.6 Å². The summed E-state index contributed by atoms with van der Waals surface area (Å²) in [6.07, 6.45) is 1.74. The van der Waals surface area contributed by atoms with E-state index < -0.39 is 14.8 Å². The minimum Gasteiger partial charge on any atom is -0.283 e. The zero-order valence-electron chi connectivity index (χ0n) is 11.0. The van der Waals surface area contributed by atoms with Gasteiger partial charge in [-0.25, -0.2) is 8.42 Å². The first-order chi connectivity index (χ1) is 8.26. The normalized spacial score (nSPS) is 12.4. The lowest BCUT2D eigenvalue weighted by Gasteiger charge is -2.20. The lowest BCUT2D eigenvalue weighted by molar-refractivity contribution is 0.566. The number of aryl methyl sites for hydroxylation is 1. The van der Waals surface area contributed by atoms with Crippen molar-refractivity contribution in [3.8, 4) is 0 Å². The fourth-order valence-corrected chi connectivity index (χ4v) is 2.25. The summed E-state index contributed by atoms with van der Waals surface area (Å²) in [5, 5.41) is 0. The van der Waals surface area contributed by atoms with Crippen LogP contribution in [0.25, 0.3) is 0 Å². The van der Waals surface area contributed by atoms with E-state index in [1.165, 1.54) is 0 Å². The first-order valence-corrected chi connectivity index (χ1v) is 7.95. The molecular formula is C13H20ClNO2S. The number of rotatable bonds is 5. The van der Waals surface area contributed by atoms with Gasteiger partial charge in [-0.1, -0.05) is 12.1 Å². The summed E-state index contributed by atoms with van der Waals surface area (Å²) in [5.41, 5.74) is 1.70. The maximum absolute atomic E-state index is 12.0. The van der Waals surface area contributed by atoms with E-state index in [1.54, 1.807) is 26.8 Å². The fourth-order valence-electron chi connectivity index (χ4n) is 1.37. The molecule has 18 heavy (non-hydrogen) atoms. The van der Waals surface area contributed by atoms with Gasteiger partial charge < -0.3 is 0 Å². The van der Waals surface area contributed by atoms with Crippen LogP contribution in [0.5, 0.6) is 0 Å². The summed E-state index contributed by atoms with van der Waals surface area (Å²) in [7, 11) is -3.36. The standard InChI is InChI=1S/C13H20ClNO2S/c1-13(2,3)18(16,17)15-12-8-4-6-11(10-12)7-5-9-14/h4,6,8,10,15H,5,7,9H2,1-3H3. The molecule has 0 amide bonds. The van der Waals surface area contributed by atoms with Gasteiger partial charge >= 0.3 is 0 Å². The van der Waals surface area contributed by atoms with Crippen molar-refractivity contribution < 1.29 is 8.42 Å². The van der Waals surface area contributed by atoms with E-state index in [0.717, 1.165) is 18.4 Å². The van der Waals surface area contributed by atoms with E-state index in [-0.39, 0.29) is 0 Å². The quantitative estimate of drug-likeness (QED) is 0.845. The van der Waals surface area contributed by atoms with Crippen molar-refractivity contribution in [2.24, 2.45) is 0 Å². The molecule has 0 atom stereocenters. The monoisotopic (exact) mass is 289 g/mol. The molecule has 0 aliphatic carbocycles. The van der Waals surface area contributed by atoms with E-state index in [9.17, 15) is 8.42 Å². The molecule has 0 aliphatic heterocycles. The highest BCUT2D eigenvalue weighted by Crippen LogP contribution is 2.20. The average molecular weight is 290 g/mol. The van der Waals surface area contributed by atoms with Crippen molar-refractivity contribution >= 4 is 27.3 Å². The third-order valence-corrected chi connectivity index (χ3v) is 4.97. The van der Waals surface area contributed by atoms with Crippen LogP contribution in [0.2, 0.25) is 0 Å². The van der Waals surface area contributed by atoms with Crippen LogP contribution in [-0.4, -0.2) is 19.0 Å². The zero-order chi connectivity index (χ0) is 13.8. The van der Waals surface area contributed by atoms with E-state index in [1.807, 2.05) is 18.2 Å². The largest absolute Gasteiger partial charge is 0.283 e. The molecule has 1 rings (SSSR count). The molecule has 3 nitrogen and oxygen atoms in total. The van der Waals surface area contributed by atoms with Crippen LogP contribution in [0, 0.1) is 0 Å².